The van der Waals surface area contributed by atoms with Gasteiger partial charge in [-0.3, -0.25) is 28.8 Å². The van der Waals surface area contributed by atoms with E-state index in [4.69, 9.17) is 0 Å². The van der Waals surface area contributed by atoms with E-state index in [1.165, 1.54) is 0 Å². The molecule has 14 nitrogen and oxygen atoms in total. The molecule has 6 atom stereocenters. The lowest BCUT2D eigenvalue weighted by Gasteiger charge is -2.38. The highest BCUT2D eigenvalue weighted by molar-refractivity contribution is 5.96. The molecule has 74 heavy (non-hydrogen) atoms. The van der Waals surface area contributed by atoms with E-state index < -0.39 is 24.2 Å². The molecule has 4 N–H and O–H groups in total. The standard InChI is InChI=1S/C60H78N8O6/c1-41(61-3)55(69)63-53(47-19-11-20-47)59(73)67-35-13-23-51(67)39-65(37-33-43-15-7-5-8-16-43)57(71)49-29-25-45(26-30-49)46-27-31-50(32-28-46)58(72)66(38-34-44-17-9-6-10-18-44)40-52-24-14-36-68(52)60(74)54(48-21-12-22-48)64-56(70)42(2)62-4/h5-10,15-18,25-32,41-42,47-48,51-54,61-62H,11-14,19-24,33-40H2,1-4H3,(H,63,69)(H,64,70)/t41-,42-,51-,52-,53-,54-/m0/s1. The van der Waals surface area contributed by atoms with Crippen LogP contribution < -0.4 is 21.3 Å². The Morgan fingerprint density at radius 2 is 0.865 bits per heavy atom. The summed E-state index contributed by atoms with van der Waals surface area (Å²) < 4.78 is 0. The highest BCUT2D eigenvalue weighted by Gasteiger charge is 2.43. The van der Waals surface area contributed by atoms with Crippen LogP contribution in [-0.2, 0) is 32.0 Å². The van der Waals surface area contributed by atoms with Gasteiger partial charge < -0.3 is 40.9 Å². The molecule has 4 aromatic rings. The Balaban J connectivity index is 0.959. The summed E-state index contributed by atoms with van der Waals surface area (Å²) in [6, 6.07) is 33.1. The Kier molecular flexibility index (Phi) is 18.7. The third-order valence-corrected chi connectivity index (χ3v) is 16.4. The van der Waals surface area contributed by atoms with Crippen molar-refractivity contribution in [3.05, 3.63) is 131 Å². The molecule has 8 rings (SSSR count). The Morgan fingerprint density at radius 1 is 0.500 bits per heavy atom. The number of hydrogen-bond acceptors (Lipinski definition) is 8. The zero-order valence-corrected chi connectivity index (χ0v) is 44.0. The summed E-state index contributed by atoms with van der Waals surface area (Å²) in [6.45, 7) is 6.51. The van der Waals surface area contributed by atoms with Crippen LogP contribution in [0.2, 0.25) is 0 Å². The van der Waals surface area contributed by atoms with Crippen molar-refractivity contribution in [1.29, 1.82) is 0 Å². The maximum Gasteiger partial charge on any atom is 0.253 e. The maximum atomic E-state index is 14.6. The monoisotopic (exact) mass is 1010 g/mol. The number of amides is 6. The molecule has 0 bridgehead atoms. The van der Waals surface area contributed by atoms with Gasteiger partial charge in [-0.05, 0) is 151 Å². The van der Waals surface area contributed by atoms with Crippen LogP contribution >= 0.6 is 0 Å². The van der Waals surface area contributed by atoms with Crippen LogP contribution in [0.5, 0.6) is 0 Å². The second kappa shape index (κ2) is 25.7. The Bertz CT molecular complexity index is 2340. The second-order valence-electron chi connectivity index (χ2n) is 21.2. The van der Waals surface area contributed by atoms with E-state index in [0.717, 1.165) is 86.5 Å². The molecule has 6 amide bonds. The number of carbonyl (C=O) groups is 6. The van der Waals surface area contributed by atoms with Crippen molar-refractivity contribution in [3.63, 3.8) is 0 Å². The van der Waals surface area contributed by atoms with E-state index in [9.17, 15) is 28.8 Å². The van der Waals surface area contributed by atoms with Gasteiger partial charge in [0.2, 0.25) is 23.6 Å². The first-order valence-electron chi connectivity index (χ1n) is 27.4. The highest BCUT2D eigenvalue weighted by Crippen LogP contribution is 2.34. The molecule has 0 aromatic heterocycles. The number of likely N-dealkylation sites (tertiary alicyclic amines) is 2. The lowest BCUT2D eigenvalue weighted by Crippen LogP contribution is -2.58. The lowest BCUT2D eigenvalue weighted by atomic mass is 9.79. The van der Waals surface area contributed by atoms with Gasteiger partial charge in [0.1, 0.15) is 12.1 Å². The van der Waals surface area contributed by atoms with Crippen molar-refractivity contribution in [2.45, 2.75) is 127 Å². The Labute approximate surface area is 438 Å². The second-order valence-corrected chi connectivity index (χ2v) is 21.2. The predicted molar refractivity (Wildman–Crippen MR) is 289 cm³/mol. The largest absolute Gasteiger partial charge is 0.343 e. The molecule has 0 spiro atoms. The molecule has 4 aliphatic rings. The van der Waals surface area contributed by atoms with E-state index >= 15 is 0 Å². The summed E-state index contributed by atoms with van der Waals surface area (Å²) in [6.07, 6.45) is 10.3. The predicted octanol–water partition coefficient (Wildman–Crippen LogP) is 6.49. The Morgan fingerprint density at radius 3 is 1.19 bits per heavy atom. The normalized spacial score (nSPS) is 19.4. The number of nitrogens with one attached hydrogen (secondary N) is 4. The van der Waals surface area contributed by atoms with Gasteiger partial charge in [0.15, 0.2) is 0 Å². The first-order valence-corrected chi connectivity index (χ1v) is 27.4. The summed E-state index contributed by atoms with van der Waals surface area (Å²) in [5.74, 6) is -0.464. The number of likely N-dealkylation sites (N-methyl/N-ethyl adjacent to an activating group) is 2. The molecule has 2 aliphatic carbocycles. The first-order chi connectivity index (χ1) is 35.9. The van der Waals surface area contributed by atoms with Crippen molar-refractivity contribution in [2.75, 3.05) is 53.4 Å². The molecule has 0 unspecified atom stereocenters. The molecular formula is C60H78N8O6. The average molecular weight is 1010 g/mol. The molecular weight excluding hydrogens is 929 g/mol. The van der Waals surface area contributed by atoms with Gasteiger partial charge in [-0.15, -0.1) is 0 Å². The third kappa shape index (κ3) is 13.3. The van der Waals surface area contributed by atoms with Gasteiger partial charge in [0.05, 0.1) is 12.1 Å². The number of benzene rings is 4. The topological polar surface area (TPSA) is 163 Å². The van der Waals surface area contributed by atoms with Crippen LogP contribution in [0.15, 0.2) is 109 Å². The van der Waals surface area contributed by atoms with Crippen LogP contribution in [0, 0.1) is 11.8 Å². The van der Waals surface area contributed by atoms with Gasteiger partial charge in [-0.1, -0.05) is 97.8 Å². The summed E-state index contributed by atoms with van der Waals surface area (Å²) in [5, 5.41) is 12.1. The molecule has 2 heterocycles. The lowest BCUT2D eigenvalue weighted by molar-refractivity contribution is -0.140. The molecule has 4 aromatic carbocycles. The van der Waals surface area contributed by atoms with Crippen LogP contribution in [0.1, 0.15) is 110 Å². The zero-order chi connectivity index (χ0) is 52.1. The average Bonchev–Trinajstić information content (AvgIpc) is 4.08. The fraction of sp³-hybridized carbons (Fsp3) is 0.500. The van der Waals surface area contributed by atoms with Crippen molar-refractivity contribution in [1.82, 2.24) is 40.9 Å². The van der Waals surface area contributed by atoms with E-state index in [-0.39, 0.29) is 59.4 Å². The number of hydrogen-bond donors (Lipinski definition) is 4. The minimum absolute atomic E-state index is 0.0516. The van der Waals surface area contributed by atoms with Gasteiger partial charge in [0.25, 0.3) is 11.8 Å². The van der Waals surface area contributed by atoms with Crippen molar-refractivity contribution in [2.24, 2.45) is 11.8 Å². The summed E-state index contributed by atoms with van der Waals surface area (Å²) in [4.78, 5) is 91.5. The minimum atomic E-state index is -0.580. The molecule has 2 saturated carbocycles. The maximum absolute atomic E-state index is 14.6. The van der Waals surface area contributed by atoms with Crippen LogP contribution in [0.3, 0.4) is 0 Å². The molecule has 4 fully saturated rings. The summed E-state index contributed by atoms with van der Waals surface area (Å²) >= 11 is 0. The summed E-state index contributed by atoms with van der Waals surface area (Å²) in [7, 11) is 3.47. The van der Waals surface area contributed by atoms with Gasteiger partial charge in [0, 0.05) is 62.5 Å². The first kappa shape index (κ1) is 53.9. The SMILES string of the molecule is CN[C@@H](C)C(=O)N[C@H](C(=O)N1CCC[C@H]1CN(CCc1ccccc1)C(=O)c1ccc(-c2ccc(C(=O)N(CCc3ccccc3)C[C@@H]3CCCN3C(=O)[C@@H](NC(=O)[C@H](C)NC)C3CCC3)cc2)cc1)C1CCC1. The number of nitrogens with zero attached hydrogens (tertiary/aromatic N) is 4. The molecule has 14 heteroatoms. The van der Waals surface area contributed by atoms with E-state index in [0.29, 0.717) is 63.2 Å². The zero-order valence-electron chi connectivity index (χ0n) is 44.0. The number of carbonyl (C=O) groups excluding carboxylic acids is 6. The quantitative estimate of drug-likeness (QED) is 0.0656. The molecule has 394 valence electrons. The van der Waals surface area contributed by atoms with Crippen molar-refractivity contribution >= 4 is 35.4 Å². The third-order valence-electron chi connectivity index (χ3n) is 16.4. The smallest absolute Gasteiger partial charge is 0.253 e. The molecule has 2 saturated heterocycles. The summed E-state index contributed by atoms with van der Waals surface area (Å²) in [5.41, 5.74) is 5.15. The van der Waals surface area contributed by atoms with Crippen LogP contribution in [-0.4, -0.2) is 145 Å². The molecule has 2 aliphatic heterocycles. The van der Waals surface area contributed by atoms with E-state index in [2.05, 4.69) is 45.5 Å². The van der Waals surface area contributed by atoms with Gasteiger partial charge in [-0.2, -0.15) is 0 Å². The van der Waals surface area contributed by atoms with Crippen LogP contribution in [0.25, 0.3) is 11.1 Å². The van der Waals surface area contributed by atoms with Crippen molar-refractivity contribution in [3.8, 4) is 11.1 Å². The highest BCUT2D eigenvalue weighted by atomic mass is 16.2. The van der Waals surface area contributed by atoms with Gasteiger partial charge >= 0.3 is 0 Å². The fourth-order valence-corrected chi connectivity index (χ4v) is 11.0. The van der Waals surface area contributed by atoms with E-state index in [1.54, 1.807) is 27.9 Å². The van der Waals surface area contributed by atoms with Gasteiger partial charge in [-0.25, -0.2) is 0 Å². The fourth-order valence-electron chi connectivity index (χ4n) is 11.0. The number of rotatable bonds is 23. The van der Waals surface area contributed by atoms with Crippen LogP contribution in [0.4, 0.5) is 0 Å². The van der Waals surface area contributed by atoms with E-state index in [1.807, 2.05) is 105 Å². The minimum Gasteiger partial charge on any atom is -0.343 e. The Hall–Kier alpha value is -6.38. The molecule has 0 radical (unpaired) electrons. The van der Waals surface area contributed by atoms with Crippen molar-refractivity contribution < 1.29 is 28.8 Å².